The van der Waals surface area contributed by atoms with Gasteiger partial charge < -0.3 is 14.7 Å². The Labute approximate surface area is 121 Å². The van der Waals surface area contributed by atoms with Gasteiger partial charge in [-0.05, 0) is 13.3 Å². The zero-order valence-corrected chi connectivity index (χ0v) is 12.9. The van der Waals surface area contributed by atoms with Crippen molar-refractivity contribution in [1.29, 1.82) is 0 Å². The lowest BCUT2D eigenvalue weighted by Gasteiger charge is -2.44. The summed E-state index contributed by atoms with van der Waals surface area (Å²) >= 11 is 0. The van der Waals surface area contributed by atoms with Gasteiger partial charge in [0.1, 0.15) is 12.5 Å². The van der Waals surface area contributed by atoms with Crippen molar-refractivity contribution >= 4 is 0 Å². The van der Waals surface area contributed by atoms with E-state index in [2.05, 4.69) is 48.0 Å². The van der Waals surface area contributed by atoms with E-state index in [9.17, 15) is 0 Å². The summed E-state index contributed by atoms with van der Waals surface area (Å²) in [5.41, 5.74) is 4.16. The molecule has 0 aromatic carbocycles. The van der Waals surface area contributed by atoms with E-state index in [0.29, 0.717) is 0 Å². The van der Waals surface area contributed by atoms with Crippen LogP contribution in [0.4, 0.5) is 0 Å². The van der Waals surface area contributed by atoms with Crippen LogP contribution in [0.15, 0.2) is 35.2 Å². The zero-order valence-electron chi connectivity index (χ0n) is 12.9. The van der Waals surface area contributed by atoms with Crippen molar-refractivity contribution in [2.45, 2.75) is 26.7 Å². The SMILES string of the molecule is CCCN1C=C(C)CC2=C1N1CN(OC)C=C1CN2C. The minimum absolute atomic E-state index is 0.783. The number of hydrogen-bond acceptors (Lipinski definition) is 5. The third-order valence-electron chi connectivity index (χ3n) is 4.09. The minimum Gasteiger partial charge on any atom is -0.369 e. The molecule has 0 aliphatic carbocycles. The van der Waals surface area contributed by atoms with Gasteiger partial charge in [-0.3, -0.25) is 4.84 Å². The summed E-state index contributed by atoms with van der Waals surface area (Å²) in [6, 6.07) is 0. The van der Waals surface area contributed by atoms with Crippen LogP contribution in [0.25, 0.3) is 0 Å². The molecule has 0 atom stereocenters. The number of rotatable bonds is 3. The molecule has 3 heterocycles. The Bertz CT molecular complexity index is 494. The highest BCUT2D eigenvalue weighted by Crippen LogP contribution is 2.37. The fraction of sp³-hybridized carbons (Fsp3) is 0.600. The first-order valence-corrected chi connectivity index (χ1v) is 7.31. The average molecular weight is 276 g/mol. The fourth-order valence-electron chi connectivity index (χ4n) is 3.19. The van der Waals surface area contributed by atoms with Gasteiger partial charge in [0.15, 0.2) is 0 Å². The molecule has 3 aliphatic heterocycles. The summed E-state index contributed by atoms with van der Waals surface area (Å²) in [5.74, 6) is 1.33. The molecule has 110 valence electrons. The van der Waals surface area contributed by atoms with Crippen LogP contribution in [0.2, 0.25) is 0 Å². The summed E-state index contributed by atoms with van der Waals surface area (Å²) in [6.45, 7) is 7.24. The molecule has 0 aromatic rings. The molecule has 20 heavy (non-hydrogen) atoms. The molecule has 0 N–H and O–H groups in total. The number of fused-ring (bicyclic) bond motifs is 2. The highest BCUT2D eigenvalue weighted by Gasteiger charge is 2.36. The molecule has 0 radical (unpaired) electrons. The molecule has 0 unspecified atom stereocenters. The highest BCUT2D eigenvalue weighted by atomic mass is 16.7. The van der Waals surface area contributed by atoms with Gasteiger partial charge in [-0.25, -0.2) is 5.06 Å². The van der Waals surface area contributed by atoms with E-state index in [1.807, 2.05) is 5.06 Å². The van der Waals surface area contributed by atoms with Crippen LogP contribution in [0.1, 0.15) is 26.7 Å². The summed E-state index contributed by atoms with van der Waals surface area (Å²) < 4.78 is 0. The predicted octanol–water partition coefficient (Wildman–Crippen LogP) is 2.10. The summed E-state index contributed by atoms with van der Waals surface area (Å²) in [5, 5.41) is 1.90. The lowest BCUT2D eigenvalue weighted by molar-refractivity contribution is -0.0974. The maximum Gasteiger partial charge on any atom is 0.134 e. The van der Waals surface area contributed by atoms with E-state index >= 15 is 0 Å². The van der Waals surface area contributed by atoms with Crippen LogP contribution in [0.3, 0.4) is 0 Å². The van der Waals surface area contributed by atoms with Crippen LogP contribution < -0.4 is 0 Å². The van der Waals surface area contributed by atoms with Crippen LogP contribution in [0.5, 0.6) is 0 Å². The molecule has 0 saturated heterocycles. The molecule has 3 aliphatic rings. The van der Waals surface area contributed by atoms with Crippen molar-refractivity contribution in [2.75, 3.05) is 33.9 Å². The van der Waals surface area contributed by atoms with Crippen LogP contribution >= 0.6 is 0 Å². The van der Waals surface area contributed by atoms with Gasteiger partial charge in [0, 0.05) is 26.2 Å². The van der Waals surface area contributed by atoms with E-state index in [1.165, 1.54) is 22.8 Å². The Morgan fingerprint density at radius 2 is 2.10 bits per heavy atom. The molecule has 0 spiro atoms. The van der Waals surface area contributed by atoms with Crippen molar-refractivity contribution in [3.63, 3.8) is 0 Å². The van der Waals surface area contributed by atoms with Crippen molar-refractivity contribution in [1.82, 2.24) is 19.8 Å². The molecule has 3 rings (SSSR count). The first kappa shape index (κ1) is 13.4. The maximum atomic E-state index is 5.37. The third-order valence-corrected chi connectivity index (χ3v) is 4.09. The van der Waals surface area contributed by atoms with Crippen LogP contribution in [0, 0.1) is 0 Å². The largest absolute Gasteiger partial charge is 0.369 e. The zero-order chi connectivity index (χ0) is 14.3. The number of nitrogens with zero attached hydrogens (tertiary/aromatic N) is 4. The molecule has 0 fully saturated rings. The first-order valence-electron chi connectivity index (χ1n) is 7.31. The Balaban J connectivity index is 1.98. The Kier molecular flexibility index (Phi) is 3.38. The second-order valence-electron chi connectivity index (χ2n) is 5.76. The van der Waals surface area contributed by atoms with E-state index in [1.54, 1.807) is 7.11 Å². The topological polar surface area (TPSA) is 22.2 Å². The minimum atomic E-state index is 0.783. The molecule has 5 nitrogen and oxygen atoms in total. The molecular formula is C15H24N4O. The molecule has 5 heteroatoms. The van der Waals surface area contributed by atoms with Crippen molar-refractivity contribution < 1.29 is 4.84 Å². The highest BCUT2D eigenvalue weighted by molar-refractivity contribution is 5.33. The lowest BCUT2D eigenvalue weighted by atomic mass is 10.1. The summed E-state index contributed by atoms with van der Waals surface area (Å²) in [7, 11) is 3.91. The Morgan fingerprint density at radius 3 is 2.80 bits per heavy atom. The smallest absolute Gasteiger partial charge is 0.134 e. The van der Waals surface area contributed by atoms with Crippen molar-refractivity contribution in [3.05, 3.63) is 35.2 Å². The first-order chi connectivity index (χ1) is 9.63. The van der Waals surface area contributed by atoms with E-state index < -0.39 is 0 Å². The second kappa shape index (κ2) is 5.05. The van der Waals surface area contributed by atoms with Gasteiger partial charge in [-0.2, -0.15) is 0 Å². The number of likely N-dealkylation sites (N-methyl/N-ethyl adjacent to an activating group) is 1. The summed E-state index contributed by atoms with van der Waals surface area (Å²) in [6.07, 6.45) is 6.60. The molecule has 0 saturated carbocycles. The lowest BCUT2D eigenvalue weighted by Crippen LogP contribution is -2.45. The Morgan fingerprint density at radius 1 is 1.30 bits per heavy atom. The standard InChI is InChI=1S/C15H24N4O/c1-5-6-17-8-12(2)7-14-15(17)19-11-18(20-4)10-13(19)9-16(14)3/h8,10H,5-7,9,11H2,1-4H3. The van der Waals surface area contributed by atoms with Gasteiger partial charge >= 0.3 is 0 Å². The Hall–Kier alpha value is -1.62. The number of allylic oxidation sites excluding steroid dienone is 1. The van der Waals surface area contributed by atoms with Crippen molar-refractivity contribution in [3.8, 4) is 0 Å². The van der Waals surface area contributed by atoms with Crippen LogP contribution in [-0.2, 0) is 4.84 Å². The van der Waals surface area contributed by atoms with Gasteiger partial charge in [-0.1, -0.05) is 12.5 Å². The summed E-state index contributed by atoms with van der Waals surface area (Å²) in [4.78, 5) is 12.5. The average Bonchev–Trinajstić information content (AvgIpc) is 2.82. The predicted molar refractivity (Wildman–Crippen MR) is 78.7 cm³/mol. The van der Waals surface area contributed by atoms with Gasteiger partial charge in [0.2, 0.25) is 0 Å². The van der Waals surface area contributed by atoms with Gasteiger partial charge in [-0.15, -0.1) is 0 Å². The normalized spacial score (nSPS) is 22.0. The van der Waals surface area contributed by atoms with Gasteiger partial charge in [0.05, 0.1) is 31.2 Å². The van der Waals surface area contributed by atoms with Crippen molar-refractivity contribution in [2.24, 2.45) is 0 Å². The van der Waals surface area contributed by atoms with E-state index in [4.69, 9.17) is 4.84 Å². The fourth-order valence-corrected chi connectivity index (χ4v) is 3.19. The molecular weight excluding hydrogens is 252 g/mol. The maximum absolute atomic E-state index is 5.37. The van der Waals surface area contributed by atoms with E-state index in [-0.39, 0.29) is 0 Å². The monoisotopic (exact) mass is 276 g/mol. The number of hydroxylamine groups is 2. The molecule has 0 aromatic heterocycles. The van der Waals surface area contributed by atoms with Crippen LogP contribution in [-0.4, -0.2) is 53.7 Å². The number of hydrogen-bond donors (Lipinski definition) is 0. The van der Waals surface area contributed by atoms with E-state index in [0.717, 1.165) is 32.6 Å². The molecule has 0 bridgehead atoms. The molecule has 0 amide bonds. The second-order valence-corrected chi connectivity index (χ2v) is 5.76. The quantitative estimate of drug-likeness (QED) is 0.785. The third kappa shape index (κ3) is 2.06. The van der Waals surface area contributed by atoms with Gasteiger partial charge in [0.25, 0.3) is 0 Å².